The van der Waals surface area contributed by atoms with Crippen molar-refractivity contribution in [3.63, 3.8) is 0 Å². The van der Waals surface area contributed by atoms with Crippen LogP contribution in [0, 0.1) is 11.8 Å². The minimum Gasteiger partial charge on any atom is -0.492 e. The van der Waals surface area contributed by atoms with E-state index in [4.69, 9.17) is 9.47 Å². The van der Waals surface area contributed by atoms with Crippen molar-refractivity contribution in [3.05, 3.63) is 54.1 Å². The van der Waals surface area contributed by atoms with E-state index in [-0.39, 0.29) is 17.5 Å². The summed E-state index contributed by atoms with van der Waals surface area (Å²) in [6, 6.07) is 13.6. The Kier molecular flexibility index (Phi) is 6.19. The number of rotatable bonds is 6. The van der Waals surface area contributed by atoms with Crippen molar-refractivity contribution < 1.29 is 22.7 Å². The fourth-order valence-corrected chi connectivity index (χ4v) is 3.72. The van der Waals surface area contributed by atoms with E-state index in [0.29, 0.717) is 31.1 Å². The zero-order valence-electron chi connectivity index (χ0n) is 15.3. The Bertz CT molecular complexity index is 1010. The first-order chi connectivity index (χ1) is 13.5. The van der Waals surface area contributed by atoms with Gasteiger partial charge in [0.25, 0.3) is 0 Å². The summed E-state index contributed by atoms with van der Waals surface area (Å²) in [5.74, 6) is 5.99. The van der Waals surface area contributed by atoms with Crippen LogP contribution in [0.5, 0.6) is 5.75 Å². The molecule has 0 unspecified atom stereocenters. The maximum Gasteiger partial charge on any atom is 0.414 e. The van der Waals surface area contributed by atoms with Crippen LogP contribution in [0.2, 0.25) is 0 Å². The number of ether oxygens (including phenoxy) is 2. The number of para-hydroxylation sites is 1. The van der Waals surface area contributed by atoms with Crippen molar-refractivity contribution in [2.24, 2.45) is 0 Å². The van der Waals surface area contributed by atoms with Gasteiger partial charge in [-0.05, 0) is 43.3 Å². The van der Waals surface area contributed by atoms with E-state index in [9.17, 15) is 13.2 Å². The lowest BCUT2D eigenvalue weighted by Crippen LogP contribution is -2.24. The van der Waals surface area contributed by atoms with E-state index in [1.165, 1.54) is 6.07 Å². The predicted molar refractivity (Wildman–Crippen MR) is 105 cm³/mol. The standard InChI is InChI=1S/C20H20N2O5S/c1-2-26-18-7-3-4-8-19(18)28(24,25)21-13-5-6-16-9-11-17(12-10-16)22-14-15-27-20(22)23/h3-4,7-12,21H,2,13-15H2,1H3. The van der Waals surface area contributed by atoms with Gasteiger partial charge >= 0.3 is 6.09 Å². The molecule has 0 atom stereocenters. The maximum atomic E-state index is 12.5. The first kappa shape index (κ1) is 19.7. The van der Waals surface area contributed by atoms with E-state index in [1.807, 2.05) is 0 Å². The minimum absolute atomic E-state index is 0.0387. The van der Waals surface area contributed by atoms with Crippen LogP contribution in [0.4, 0.5) is 10.5 Å². The minimum atomic E-state index is -3.73. The molecule has 8 heteroatoms. The summed E-state index contributed by atoms with van der Waals surface area (Å²) in [6.45, 7) is 3.03. The summed E-state index contributed by atoms with van der Waals surface area (Å²) in [7, 11) is -3.73. The molecule has 3 rings (SSSR count). The van der Waals surface area contributed by atoms with E-state index in [1.54, 1.807) is 54.3 Å². The lowest BCUT2D eigenvalue weighted by molar-refractivity contribution is 0.181. The second kappa shape index (κ2) is 8.78. The summed E-state index contributed by atoms with van der Waals surface area (Å²) in [5, 5.41) is 0. The number of nitrogens with one attached hydrogen (secondary N) is 1. The normalized spacial score (nSPS) is 13.6. The fourth-order valence-electron chi connectivity index (χ4n) is 2.65. The van der Waals surface area contributed by atoms with E-state index < -0.39 is 10.0 Å². The monoisotopic (exact) mass is 400 g/mol. The first-order valence-electron chi connectivity index (χ1n) is 8.76. The summed E-state index contributed by atoms with van der Waals surface area (Å²) >= 11 is 0. The lowest BCUT2D eigenvalue weighted by atomic mass is 10.2. The number of carbonyl (C=O) groups is 1. The van der Waals surface area contributed by atoms with Crippen LogP contribution in [0.25, 0.3) is 0 Å². The molecule has 28 heavy (non-hydrogen) atoms. The van der Waals surface area contributed by atoms with Gasteiger partial charge < -0.3 is 9.47 Å². The van der Waals surface area contributed by atoms with Gasteiger partial charge in [-0.15, -0.1) is 0 Å². The Balaban J connectivity index is 1.62. The smallest absolute Gasteiger partial charge is 0.414 e. The number of carbonyl (C=O) groups excluding carboxylic acids is 1. The molecule has 0 radical (unpaired) electrons. The third-order valence-corrected chi connectivity index (χ3v) is 5.40. The molecule has 1 aliphatic heterocycles. The van der Waals surface area contributed by atoms with Gasteiger partial charge in [0.2, 0.25) is 10.0 Å². The van der Waals surface area contributed by atoms with Crippen molar-refractivity contribution in [1.29, 1.82) is 0 Å². The van der Waals surface area contributed by atoms with Crippen LogP contribution in [-0.4, -0.2) is 40.8 Å². The van der Waals surface area contributed by atoms with Crippen molar-refractivity contribution in [2.75, 3.05) is 31.2 Å². The highest BCUT2D eigenvalue weighted by Crippen LogP contribution is 2.23. The number of anilines is 1. The molecule has 1 amide bonds. The molecular formula is C20H20N2O5S. The summed E-state index contributed by atoms with van der Waals surface area (Å²) < 4.78 is 37.6. The van der Waals surface area contributed by atoms with Crippen molar-refractivity contribution >= 4 is 21.8 Å². The molecule has 0 spiro atoms. The highest BCUT2D eigenvalue weighted by atomic mass is 32.2. The average molecular weight is 400 g/mol. The van der Waals surface area contributed by atoms with Crippen molar-refractivity contribution in [2.45, 2.75) is 11.8 Å². The Hall–Kier alpha value is -3.02. The number of amides is 1. The molecule has 0 aromatic heterocycles. The SMILES string of the molecule is CCOc1ccccc1S(=O)(=O)NCC#Cc1ccc(N2CCOC2=O)cc1. The Morgan fingerprint density at radius 2 is 1.93 bits per heavy atom. The topological polar surface area (TPSA) is 84.9 Å². The van der Waals surface area contributed by atoms with Gasteiger partial charge in [-0.2, -0.15) is 4.72 Å². The van der Waals surface area contributed by atoms with Crippen molar-refractivity contribution in [3.8, 4) is 17.6 Å². The lowest BCUT2D eigenvalue weighted by Gasteiger charge is -2.12. The molecule has 0 saturated carbocycles. The van der Waals surface area contributed by atoms with Crippen molar-refractivity contribution in [1.82, 2.24) is 4.72 Å². The van der Waals surface area contributed by atoms with Crippen LogP contribution >= 0.6 is 0 Å². The maximum absolute atomic E-state index is 12.5. The number of sulfonamides is 1. The van der Waals surface area contributed by atoms with Gasteiger partial charge in [-0.1, -0.05) is 24.0 Å². The first-order valence-corrected chi connectivity index (χ1v) is 10.2. The number of hydrogen-bond donors (Lipinski definition) is 1. The Labute approximate surface area is 164 Å². The highest BCUT2D eigenvalue weighted by Gasteiger charge is 2.23. The molecule has 7 nitrogen and oxygen atoms in total. The van der Waals surface area contributed by atoms with Gasteiger partial charge in [-0.3, -0.25) is 4.90 Å². The van der Waals surface area contributed by atoms with Gasteiger partial charge in [0.05, 0.1) is 19.7 Å². The van der Waals surface area contributed by atoms with E-state index >= 15 is 0 Å². The van der Waals surface area contributed by atoms with Crippen LogP contribution in [-0.2, 0) is 14.8 Å². The predicted octanol–water partition coefficient (Wildman–Crippen LogP) is 2.37. The molecule has 2 aromatic carbocycles. The summed E-state index contributed by atoms with van der Waals surface area (Å²) in [5.41, 5.74) is 1.45. The number of benzene rings is 2. The molecular weight excluding hydrogens is 380 g/mol. The third kappa shape index (κ3) is 4.63. The Morgan fingerprint density at radius 3 is 2.61 bits per heavy atom. The number of hydrogen-bond acceptors (Lipinski definition) is 5. The molecule has 1 aliphatic rings. The van der Waals surface area contributed by atoms with Gasteiger partial charge in [-0.25, -0.2) is 13.2 Å². The van der Waals surface area contributed by atoms with Gasteiger partial charge in [0.15, 0.2) is 0 Å². The highest BCUT2D eigenvalue weighted by molar-refractivity contribution is 7.89. The second-order valence-electron chi connectivity index (χ2n) is 5.82. The number of cyclic esters (lactones) is 1. The largest absolute Gasteiger partial charge is 0.492 e. The van der Waals surface area contributed by atoms with Gasteiger partial charge in [0.1, 0.15) is 17.3 Å². The molecule has 1 heterocycles. The van der Waals surface area contributed by atoms with Crippen LogP contribution in [0.15, 0.2) is 53.4 Å². The summed E-state index contributed by atoms with van der Waals surface area (Å²) in [4.78, 5) is 13.2. The molecule has 146 valence electrons. The van der Waals surface area contributed by atoms with Crippen LogP contribution < -0.4 is 14.4 Å². The molecule has 1 N–H and O–H groups in total. The molecule has 0 aliphatic carbocycles. The zero-order chi connectivity index (χ0) is 20.0. The van der Waals surface area contributed by atoms with Crippen LogP contribution in [0.3, 0.4) is 0 Å². The molecule has 1 saturated heterocycles. The van der Waals surface area contributed by atoms with E-state index in [2.05, 4.69) is 16.6 Å². The fraction of sp³-hybridized carbons (Fsp3) is 0.250. The molecule has 0 bridgehead atoms. The average Bonchev–Trinajstić information content (AvgIpc) is 3.12. The Morgan fingerprint density at radius 1 is 1.18 bits per heavy atom. The quantitative estimate of drug-likeness (QED) is 0.753. The van der Waals surface area contributed by atoms with Crippen LogP contribution in [0.1, 0.15) is 12.5 Å². The number of nitrogens with zero attached hydrogens (tertiary/aromatic N) is 1. The molecule has 2 aromatic rings. The zero-order valence-corrected chi connectivity index (χ0v) is 16.2. The van der Waals surface area contributed by atoms with Gasteiger partial charge in [0, 0.05) is 11.3 Å². The third-order valence-electron chi connectivity index (χ3n) is 3.96. The summed E-state index contributed by atoms with van der Waals surface area (Å²) in [6.07, 6.45) is -0.361. The second-order valence-corrected chi connectivity index (χ2v) is 7.55. The van der Waals surface area contributed by atoms with E-state index in [0.717, 1.165) is 5.69 Å². The molecule has 1 fully saturated rings.